The zero-order valence-corrected chi connectivity index (χ0v) is 14.3. The van der Waals surface area contributed by atoms with Crippen molar-refractivity contribution in [2.45, 2.75) is 0 Å². The number of nitrogens with zero attached hydrogens (tertiary/aromatic N) is 3. The molecule has 27 heavy (non-hydrogen) atoms. The van der Waals surface area contributed by atoms with Gasteiger partial charge in [-0.1, -0.05) is 18.2 Å². The molecule has 0 unspecified atom stereocenters. The Bertz CT molecular complexity index is 1010. The zero-order chi connectivity index (χ0) is 19.0. The average Bonchev–Trinajstić information content (AvgIpc) is 2.71. The molecule has 0 saturated carbocycles. The molecule has 7 heteroatoms. The number of hydrogen-bond donors (Lipinski definition) is 0. The van der Waals surface area contributed by atoms with Crippen LogP contribution in [0, 0.1) is 17.5 Å². The molecular formula is C20H16F3N3O. The molecule has 2 aromatic carbocycles. The summed E-state index contributed by atoms with van der Waals surface area (Å²) in [6, 6.07) is 11.5. The van der Waals surface area contributed by atoms with Gasteiger partial charge in [0.25, 0.3) is 5.91 Å². The number of para-hydroxylation sites is 1. The van der Waals surface area contributed by atoms with E-state index < -0.39 is 28.9 Å². The lowest BCUT2D eigenvalue weighted by molar-refractivity contribution is 0.0740. The van der Waals surface area contributed by atoms with Gasteiger partial charge in [-0.3, -0.25) is 9.78 Å². The average molecular weight is 371 g/mol. The van der Waals surface area contributed by atoms with Gasteiger partial charge < -0.3 is 9.80 Å². The van der Waals surface area contributed by atoms with Gasteiger partial charge in [0, 0.05) is 37.8 Å². The van der Waals surface area contributed by atoms with Gasteiger partial charge >= 0.3 is 0 Å². The number of anilines is 1. The van der Waals surface area contributed by atoms with Crippen molar-refractivity contribution >= 4 is 22.5 Å². The maximum atomic E-state index is 13.9. The minimum atomic E-state index is -1.62. The number of benzene rings is 2. The number of aromatic nitrogens is 1. The predicted octanol–water partition coefficient (Wildman–Crippen LogP) is 3.61. The molecule has 2 heterocycles. The Labute approximate surface area is 153 Å². The van der Waals surface area contributed by atoms with E-state index in [1.807, 2.05) is 30.3 Å². The molecule has 0 bridgehead atoms. The Hall–Kier alpha value is -3.09. The molecule has 138 valence electrons. The van der Waals surface area contributed by atoms with Crippen LogP contribution in [0.1, 0.15) is 10.4 Å². The van der Waals surface area contributed by atoms with E-state index in [0.29, 0.717) is 26.2 Å². The van der Waals surface area contributed by atoms with Crippen molar-refractivity contribution in [3.63, 3.8) is 0 Å². The second-order valence-electron chi connectivity index (χ2n) is 6.35. The summed E-state index contributed by atoms with van der Waals surface area (Å²) in [5, 5.41) is 1.03. The fourth-order valence-corrected chi connectivity index (χ4v) is 3.36. The quantitative estimate of drug-likeness (QED) is 0.646. The molecule has 3 aromatic rings. The van der Waals surface area contributed by atoms with E-state index in [4.69, 9.17) is 0 Å². The lowest BCUT2D eigenvalue weighted by atomic mass is 10.1. The van der Waals surface area contributed by atoms with Crippen molar-refractivity contribution < 1.29 is 18.0 Å². The van der Waals surface area contributed by atoms with E-state index in [1.165, 1.54) is 4.90 Å². The molecule has 4 rings (SSSR count). The number of halogens is 3. The van der Waals surface area contributed by atoms with Crippen LogP contribution < -0.4 is 4.90 Å². The maximum Gasteiger partial charge on any atom is 0.257 e. The Morgan fingerprint density at radius 1 is 0.889 bits per heavy atom. The van der Waals surface area contributed by atoms with Crippen molar-refractivity contribution in [1.29, 1.82) is 0 Å². The second-order valence-corrected chi connectivity index (χ2v) is 6.35. The molecule has 1 fully saturated rings. The van der Waals surface area contributed by atoms with Crippen LogP contribution in [0.4, 0.5) is 18.9 Å². The number of pyridine rings is 1. The van der Waals surface area contributed by atoms with Gasteiger partial charge in [-0.25, -0.2) is 13.2 Å². The van der Waals surface area contributed by atoms with Gasteiger partial charge in [-0.05, 0) is 24.3 Å². The lowest BCUT2D eigenvalue weighted by Gasteiger charge is -2.36. The zero-order valence-electron chi connectivity index (χ0n) is 14.3. The van der Waals surface area contributed by atoms with E-state index in [9.17, 15) is 18.0 Å². The number of piperazine rings is 1. The fraction of sp³-hybridized carbons (Fsp3) is 0.200. The number of rotatable bonds is 2. The summed E-state index contributed by atoms with van der Waals surface area (Å²) in [4.78, 5) is 20.5. The first-order valence-electron chi connectivity index (χ1n) is 8.58. The molecule has 0 aliphatic carbocycles. The highest BCUT2D eigenvalue weighted by atomic mass is 19.2. The fourth-order valence-electron chi connectivity index (χ4n) is 3.36. The van der Waals surface area contributed by atoms with Crippen LogP contribution in [0.25, 0.3) is 10.9 Å². The molecule has 4 nitrogen and oxygen atoms in total. The first-order chi connectivity index (χ1) is 13.1. The maximum absolute atomic E-state index is 13.9. The molecule has 0 atom stereocenters. The third-order valence-electron chi connectivity index (χ3n) is 4.78. The third-order valence-corrected chi connectivity index (χ3v) is 4.78. The summed E-state index contributed by atoms with van der Waals surface area (Å²) >= 11 is 0. The SMILES string of the molecule is O=C(c1ccc(F)c(F)c1F)N1CCN(c2cccc3cccnc23)CC1. The van der Waals surface area contributed by atoms with Gasteiger partial charge in [0.05, 0.1) is 16.8 Å². The topological polar surface area (TPSA) is 36.4 Å². The second kappa shape index (κ2) is 6.90. The largest absolute Gasteiger partial charge is 0.366 e. The van der Waals surface area contributed by atoms with Gasteiger partial charge in [-0.15, -0.1) is 0 Å². The number of hydrogen-bond acceptors (Lipinski definition) is 3. The summed E-state index contributed by atoms with van der Waals surface area (Å²) in [6.07, 6.45) is 1.73. The lowest BCUT2D eigenvalue weighted by Crippen LogP contribution is -2.49. The molecule has 0 spiro atoms. The van der Waals surface area contributed by atoms with Gasteiger partial charge in [0.2, 0.25) is 0 Å². The van der Waals surface area contributed by atoms with E-state index in [2.05, 4.69) is 9.88 Å². The van der Waals surface area contributed by atoms with Crippen molar-refractivity contribution in [1.82, 2.24) is 9.88 Å². The monoisotopic (exact) mass is 371 g/mol. The molecule has 0 radical (unpaired) electrons. The minimum Gasteiger partial charge on any atom is -0.366 e. The van der Waals surface area contributed by atoms with Gasteiger partial charge in [0.1, 0.15) is 0 Å². The van der Waals surface area contributed by atoms with Crippen molar-refractivity contribution in [2.75, 3.05) is 31.1 Å². The van der Waals surface area contributed by atoms with Crippen molar-refractivity contribution in [2.24, 2.45) is 0 Å². The van der Waals surface area contributed by atoms with Crippen LogP contribution in [0.15, 0.2) is 48.7 Å². The van der Waals surface area contributed by atoms with Crippen LogP contribution in [0.3, 0.4) is 0 Å². The minimum absolute atomic E-state index is 0.348. The van der Waals surface area contributed by atoms with Gasteiger partial charge in [0.15, 0.2) is 17.5 Å². The molecule has 1 aromatic heterocycles. The summed E-state index contributed by atoms with van der Waals surface area (Å²) < 4.78 is 40.4. The van der Waals surface area contributed by atoms with Crippen LogP contribution in [-0.4, -0.2) is 42.0 Å². The van der Waals surface area contributed by atoms with E-state index in [0.717, 1.165) is 28.7 Å². The highest BCUT2D eigenvalue weighted by molar-refractivity contribution is 5.95. The van der Waals surface area contributed by atoms with Crippen molar-refractivity contribution in [3.8, 4) is 0 Å². The molecular weight excluding hydrogens is 355 g/mol. The molecule has 0 N–H and O–H groups in total. The Morgan fingerprint density at radius 2 is 1.63 bits per heavy atom. The molecule has 1 aliphatic rings. The molecule has 1 saturated heterocycles. The van der Waals surface area contributed by atoms with Crippen LogP contribution >= 0.6 is 0 Å². The number of carbonyl (C=O) groups excluding carboxylic acids is 1. The number of fused-ring (bicyclic) bond motifs is 1. The van der Waals surface area contributed by atoms with E-state index in [1.54, 1.807) is 6.20 Å². The Kier molecular flexibility index (Phi) is 4.43. The van der Waals surface area contributed by atoms with Gasteiger partial charge in [-0.2, -0.15) is 0 Å². The van der Waals surface area contributed by atoms with E-state index >= 15 is 0 Å². The van der Waals surface area contributed by atoms with Crippen LogP contribution in [0.2, 0.25) is 0 Å². The molecule has 1 amide bonds. The number of carbonyl (C=O) groups is 1. The highest BCUT2D eigenvalue weighted by Gasteiger charge is 2.27. The third kappa shape index (κ3) is 3.09. The van der Waals surface area contributed by atoms with Crippen LogP contribution in [-0.2, 0) is 0 Å². The Balaban J connectivity index is 1.52. The standard InChI is InChI=1S/C20H16F3N3O/c21-15-7-6-14(17(22)18(15)23)20(27)26-11-9-25(10-12-26)16-5-1-3-13-4-2-8-24-19(13)16/h1-8H,9-12H2. The highest BCUT2D eigenvalue weighted by Crippen LogP contribution is 2.26. The summed E-state index contributed by atoms with van der Waals surface area (Å²) in [6.45, 7) is 1.76. The predicted molar refractivity (Wildman–Crippen MR) is 96.2 cm³/mol. The number of amides is 1. The summed E-state index contributed by atoms with van der Waals surface area (Å²) in [7, 11) is 0. The summed E-state index contributed by atoms with van der Waals surface area (Å²) in [5.74, 6) is -5.01. The first kappa shape index (κ1) is 17.3. The Morgan fingerprint density at radius 3 is 2.41 bits per heavy atom. The van der Waals surface area contributed by atoms with Crippen molar-refractivity contribution in [3.05, 3.63) is 71.7 Å². The van der Waals surface area contributed by atoms with E-state index in [-0.39, 0.29) is 0 Å². The van der Waals surface area contributed by atoms with Crippen LogP contribution in [0.5, 0.6) is 0 Å². The smallest absolute Gasteiger partial charge is 0.257 e. The molecule has 1 aliphatic heterocycles. The summed E-state index contributed by atoms with van der Waals surface area (Å²) in [5.41, 5.74) is 1.40. The first-order valence-corrected chi connectivity index (χ1v) is 8.58. The normalized spacial score (nSPS) is 14.6.